The van der Waals surface area contributed by atoms with E-state index in [1.807, 2.05) is 0 Å². The molecule has 0 radical (unpaired) electrons. The van der Waals surface area contributed by atoms with E-state index in [0.717, 1.165) is 30.6 Å². The fourth-order valence-electron chi connectivity index (χ4n) is 2.05. The predicted molar refractivity (Wildman–Crippen MR) is 57.3 cm³/mol. The molecular weight excluding hydrogens is 193 g/mol. The van der Waals surface area contributed by atoms with Crippen LogP contribution in [-0.2, 0) is 0 Å². The second-order valence-corrected chi connectivity index (χ2v) is 4.05. The zero-order valence-corrected chi connectivity index (χ0v) is 8.87. The predicted octanol–water partition coefficient (Wildman–Crippen LogP) is 2.78. The number of fused-ring (bicyclic) bond motifs is 1. The van der Waals surface area contributed by atoms with Crippen LogP contribution in [0.15, 0.2) is 18.2 Å². The molecule has 2 unspecified atom stereocenters. The van der Waals surface area contributed by atoms with Gasteiger partial charge in [0.15, 0.2) is 0 Å². The van der Waals surface area contributed by atoms with E-state index in [-0.39, 0.29) is 18.0 Å². The normalized spacial score (nSPS) is 24.5. The van der Waals surface area contributed by atoms with Gasteiger partial charge in [-0.15, -0.1) is 0 Å². The summed E-state index contributed by atoms with van der Waals surface area (Å²) >= 11 is 0. The first kappa shape index (κ1) is 10.4. The van der Waals surface area contributed by atoms with Crippen molar-refractivity contribution in [3.8, 4) is 5.75 Å². The van der Waals surface area contributed by atoms with Gasteiger partial charge in [0.25, 0.3) is 0 Å². The molecule has 0 bridgehead atoms. The fourth-order valence-corrected chi connectivity index (χ4v) is 2.05. The molecule has 1 aromatic rings. The summed E-state index contributed by atoms with van der Waals surface area (Å²) < 4.78 is 18.8. The molecule has 1 heterocycles. The maximum atomic E-state index is 13.0. The Morgan fingerprint density at radius 3 is 3.07 bits per heavy atom. The minimum atomic E-state index is -0.248. The molecule has 0 saturated heterocycles. The number of nitrogens with two attached hydrogens (primary N) is 1. The van der Waals surface area contributed by atoms with Gasteiger partial charge in [-0.05, 0) is 24.6 Å². The highest BCUT2D eigenvalue weighted by atomic mass is 19.1. The van der Waals surface area contributed by atoms with E-state index >= 15 is 0 Å². The number of rotatable bonds is 2. The summed E-state index contributed by atoms with van der Waals surface area (Å²) in [5.74, 6) is 0.496. The number of hydrogen-bond acceptors (Lipinski definition) is 2. The first-order valence-corrected chi connectivity index (χ1v) is 5.42. The highest BCUT2D eigenvalue weighted by Crippen LogP contribution is 2.34. The second kappa shape index (κ2) is 4.19. The van der Waals surface area contributed by atoms with Crippen LogP contribution < -0.4 is 10.5 Å². The highest BCUT2D eigenvalue weighted by molar-refractivity contribution is 5.38. The lowest BCUT2D eigenvalue weighted by atomic mass is 9.95. The van der Waals surface area contributed by atoms with Crippen LogP contribution in [-0.4, -0.2) is 6.10 Å². The Hall–Kier alpha value is -1.09. The van der Waals surface area contributed by atoms with Gasteiger partial charge in [0.05, 0.1) is 0 Å². The van der Waals surface area contributed by atoms with Crippen molar-refractivity contribution in [1.82, 2.24) is 0 Å². The average molecular weight is 209 g/mol. The standard InChI is InChI=1S/C12H16FNO/c1-2-3-9-7-11(14)10-6-8(13)4-5-12(10)15-9/h4-6,9,11H,2-3,7,14H2,1H3. The molecule has 15 heavy (non-hydrogen) atoms. The molecule has 1 aliphatic rings. The maximum absolute atomic E-state index is 13.0. The minimum absolute atomic E-state index is 0.0963. The summed E-state index contributed by atoms with van der Waals surface area (Å²) in [5.41, 5.74) is 6.78. The van der Waals surface area contributed by atoms with Crippen molar-refractivity contribution in [3.05, 3.63) is 29.6 Å². The molecule has 2 atom stereocenters. The number of ether oxygens (including phenoxy) is 1. The van der Waals surface area contributed by atoms with Crippen LogP contribution in [0.25, 0.3) is 0 Å². The summed E-state index contributed by atoms with van der Waals surface area (Å²) in [6.45, 7) is 2.12. The van der Waals surface area contributed by atoms with Gasteiger partial charge >= 0.3 is 0 Å². The van der Waals surface area contributed by atoms with Crippen molar-refractivity contribution in [2.24, 2.45) is 5.73 Å². The zero-order chi connectivity index (χ0) is 10.8. The Labute approximate surface area is 89.2 Å². The number of halogens is 1. The molecule has 2 rings (SSSR count). The van der Waals surface area contributed by atoms with Gasteiger partial charge < -0.3 is 10.5 Å². The molecule has 1 aliphatic heterocycles. The molecule has 0 aliphatic carbocycles. The Balaban J connectivity index is 2.24. The summed E-state index contributed by atoms with van der Waals surface area (Å²) in [5, 5.41) is 0. The third-order valence-electron chi connectivity index (χ3n) is 2.79. The molecule has 3 heteroatoms. The van der Waals surface area contributed by atoms with Gasteiger partial charge in [0.1, 0.15) is 17.7 Å². The summed E-state index contributed by atoms with van der Waals surface area (Å²) in [7, 11) is 0. The van der Waals surface area contributed by atoms with Crippen molar-refractivity contribution in [3.63, 3.8) is 0 Å². The summed E-state index contributed by atoms with van der Waals surface area (Å²) in [4.78, 5) is 0. The van der Waals surface area contributed by atoms with Gasteiger partial charge in [-0.1, -0.05) is 13.3 Å². The Morgan fingerprint density at radius 2 is 2.33 bits per heavy atom. The number of hydrogen-bond donors (Lipinski definition) is 1. The van der Waals surface area contributed by atoms with E-state index in [1.165, 1.54) is 12.1 Å². The van der Waals surface area contributed by atoms with Crippen molar-refractivity contribution in [2.75, 3.05) is 0 Å². The first-order chi connectivity index (χ1) is 7.20. The van der Waals surface area contributed by atoms with E-state index in [4.69, 9.17) is 10.5 Å². The van der Waals surface area contributed by atoms with Gasteiger partial charge in [-0.2, -0.15) is 0 Å². The fraction of sp³-hybridized carbons (Fsp3) is 0.500. The zero-order valence-electron chi connectivity index (χ0n) is 8.87. The minimum Gasteiger partial charge on any atom is -0.490 e. The van der Waals surface area contributed by atoms with Crippen LogP contribution in [0.5, 0.6) is 5.75 Å². The topological polar surface area (TPSA) is 35.2 Å². The molecule has 0 fully saturated rings. The second-order valence-electron chi connectivity index (χ2n) is 4.05. The lowest BCUT2D eigenvalue weighted by molar-refractivity contribution is 0.149. The number of benzene rings is 1. The molecule has 0 amide bonds. The van der Waals surface area contributed by atoms with Crippen LogP contribution in [0.3, 0.4) is 0 Å². The van der Waals surface area contributed by atoms with Crippen molar-refractivity contribution >= 4 is 0 Å². The molecule has 1 aromatic carbocycles. The molecule has 2 nitrogen and oxygen atoms in total. The Bertz CT molecular complexity index is 353. The lowest BCUT2D eigenvalue weighted by Gasteiger charge is -2.30. The van der Waals surface area contributed by atoms with Crippen LogP contribution in [0.2, 0.25) is 0 Å². The third-order valence-corrected chi connectivity index (χ3v) is 2.79. The monoisotopic (exact) mass is 209 g/mol. The van der Waals surface area contributed by atoms with E-state index in [9.17, 15) is 4.39 Å². The maximum Gasteiger partial charge on any atom is 0.124 e. The van der Waals surface area contributed by atoms with Crippen LogP contribution in [0.4, 0.5) is 4.39 Å². The SMILES string of the molecule is CCCC1CC(N)c2cc(F)ccc2O1. The van der Waals surface area contributed by atoms with Crippen LogP contribution >= 0.6 is 0 Å². The first-order valence-electron chi connectivity index (χ1n) is 5.42. The van der Waals surface area contributed by atoms with Crippen molar-refractivity contribution < 1.29 is 9.13 Å². The largest absolute Gasteiger partial charge is 0.490 e. The Kier molecular flexibility index (Phi) is 2.91. The highest BCUT2D eigenvalue weighted by Gasteiger charge is 2.25. The van der Waals surface area contributed by atoms with Crippen LogP contribution in [0.1, 0.15) is 37.8 Å². The van der Waals surface area contributed by atoms with Crippen molar-refractivity contribution in [1.29, 1.82) is 0 Å². The van der Waals surface area contributed by atoms with E-state index < -0.39 is 0 Å². The van der Waals surface area contributed by atoms with E-state index in [1.54, 1.807) is 6.07 Å². The van der Waals surface area contributed by atoms with Gasteiger partial charge in [-0.25, -0.2) is 4.39 Å². The van der Waals surface area contributed by atoms with E-state index in [0.29, 0.717) is 0 Å². The molecule has 0 saturated carbocycles. The molecule has 0 aromatic heterocycles. The summed E-state index contributed by atoms with van der Waals surface area (Å²) in [6, 6.07) is 4.47. The van der Waals surface area contributed by atoms with Gasteiger partial charge in [0.2, 0.25) is 0 Å². The van der Waals surface area contributed by atoms with E-state index in [2.05, 4.69) is 6.92 Å². The third kappa shape index (κ3) is 2.12. The molecule has 0 spiro atoms. The lowest BCUT2D eigenvalue weighted by Crippen LogP contribution is -2.29. The average Bonchev–Trinajstić information content (AvgIpc) is 2.20. The summed E-state index contributed by atoms with van der Waals surface area (Å²) in [6.07, 6.45) is 3.05. The molecular formula is C12H16FNO. The van der Waals surface area contributed by atoms with Crippen molar-refractivity contribution in [2.45, 2.75) is 38.3 Å². The molecule has 82 valence electrons. The van der Waals surface area contributed by atoms with Gasteiger partial charge in [0, 0.05) is 18.0 Å². The van der Waals surface area contributed by atoms with Gasteiger partial charge in [-0.3, -0.25) is 0 Å². The molecule has 2 N–H and O–H groups in total. The van der Waals surface area contributed by atoms with Crippen LogP contribution in [0, 0.1) is 5.82 Å². The Morgan fingerprint density at radius 1 is 1.53 bits per heavy atom. The smallest absolute Gasteiger partial charge is 0.124 e. The quantitative estimate of drug-likeness (QED) is 0.812.